The lowest BCUT2D eigenvalue weighted by atomic mass is 10.2. The van der Waals surface area contributed by atoms with Crippen molar-refractivity contribution in [2.45, 2.75) is 13.8 Å². The van der Waals surface area contributed by atoms with Gasteiger partial charge in [-0.05, 0) is 50.2 Å². The van der Waals surface area contributed by atoms with Gasteiger partial charge in [-0.1, -0.05) is 54.1 Å². The minimum Gasteiger partial charge on any atom is -0.382 e. The fourth-order valence-electron chi connectivity index (χ4n) is 3.58. The summed E-state index contributed by atoms with van der Waals surface area (Å²) in [5, 5.41) is 24.8. The molecule has 0 aliphatic heterocycles. The molecule has 10 heteroatoms. The van der Waals surface area contributed by atoms with Crippen LogP contribution in [0.15, 0.2) is 110 Å². The van der Waals surface area contributed by atoms with E-state index in [1.54, 1.807) is 16.8 Å². The van der Waals surface area contributed by atoms with Crippen LogP contribution in [0.4, 0.5) is 28.7 Å². The Hall–Kier alpha value is -5.12. The number of nitrogen functional groups attached to an aromatic ring is 1. The average Bonchev–Trinajstić information content (AvgIpc) is 3.37. The van der Waals surface area contributed by atoms with Crippen molar-refractivity contribution in [2.24, 2.45) is 20.5 Å². The molecule has 0 aliphatic rings. The molecule has 0 radical (unpaired) electrons. The third-order valence-electron chi connectivity index (χ3n) is 5.46. The van der Waals surface area contributed by atoms with Gasteiger partial charge in [0.15, 0.2) is 11.4 Å². The van der Waals surface area contributed by atoms with Gasteiger partial charge >= 0.3 is 5.56 Å². The van der Waals surface area contributed by atoms with Gasteiger partial charge < -0.3 is 5.73 Å². The fourth-order valence-corrected chi connectivity index (χ4v) is 3.58. The van der Waals surface area contributed by atoms with Crippen LogP contribution in [0, 0.1) is 13.8 Å². The molecule has 0 saturated heterocycles. The van der Waals surface area contributed by atoms with Crippen LogP contribution in [-0.4, -0.2) is 19.6 Å². The Morgan fingerprint density at radius 2 is 1.39 bits per heavy atom. The average molecular weight is 478 g/mol. The normalized spacial score (nSPS) is 11.6. The first-order valence-corrected chi connectivity index (χ1v) is 11.2. The Labute approximate surface area is 206 Å². The SMILES string of the molecule is Cc1ccc(-n2nc(C)c(N=Nc3ccccc3)c2N=Nc2c(N)[nH]n(-c3ccccc3)c2=O)cc1. The van der Waals surface area contributed by atoms with E-state index < -0.39 is 5.56 Å². The van der Waals surface area contributed by atoms with E-state index in [1.165, 1.54) is 4.68 Å². The number of nitrogens with two attached hydrogens (primary N) is 1. The minimum absolute atomic E-state index is 0.0147. The lowest BCUT2D eigenvalue weighted by Gasteiger charge is -2.04. The Bertz CT molecular complexity index is 1610. The van der Waals surface area contributed by atoms with Gasteiger partial charge in [0.25, 0.3) is 0 Å². The number of hydrogen-bond acceptors (Lipinski definition) is 7. The summed E-state index contributed by atoms with van der Waals surface area (Å²) in [5.74, 6) is 0.417. The summed E-state index contributed by atoms with van der Waals surface area (Å²) in [6.07, 6.45) is 0. The first kappa shape index (κ1) is 22.7. The molecule has 3 N–H and O–H groups in total. The first-order chi connectivity index (χ1) is 17.5. The van der Waals surface area contributed by atoms with E-state index in [2.05, 4.69) is 30.7 Å². The zero-order chi connectivity index (χ0) is 25.1. The highest BCUT2D eigenvalue weighted by molar-refractivity contribution is 5.64. The topological polar surface area (TPSA) is 131 Å². The van der Waals surface area contributed by atoms with E-state index in [0.717, 1.165) is 11.3 Å². The van der Waals surface area contributed by atoms with Gasteiger partial charge in [0.1, 0.15) is 5.82 Å². The van der Waals surface area contributed by atoms with Crippen LogP contribution in [0.2, 0.25) is 0 Å². The molecule has 5 rings (SSSR count). The van der Waals surface area contributed by atoms with Crippen LogP contribution >= 0.6 is 0 Å². The van der Waals surface area contributed by atoms with Crippen LogP contribution in [0.5, 0.6) is 0 Å². The monoisotopic (exact) mass is 477 g/mol. The van der Waals surface area contributed by atoms with Crippen LogP contribution in [0.1, 0.15) is 11.3 Å². The number of nitrogens with one attached hydrogen (secondary N) is 1. The molecule has 178 valence electrons. The molecular weight excluding hydrogens is 454 g/mol. The van der Waals surface area contributed by atoms with Gasteiger partial charge in [-0.2, -0.15) is 10.2 Å². The van der Waals surface area contributed by atoms with Gasteiger partial charge in [-0.25, -0.2) is 9.36 Å². The molecule has 5 aromatic rings. The summed E-state index contributed by atoms with van der Waals surface area (Å²) in [6.45, 7) is 3.82. The van der Waals surface area contributed by atoms with Crippen molar-refractivity contribution >= 4 is 28.7 Å². The Morgan fingerprint density at radius 3 is 2.08 bits per heavy atom. The predicted molar refractivity (Wildman–Crippen MR) is 139 cm³/mol. The number of hydrogen-bond donors (Lipinski definition) is 2. The predicted octanol–water partition coefficient (Wildman–Crippen LogP) is 6.38. The molecular formula is C26H23N9O. The largest absolute Gasteiger partial charge is 0.382 e. The van der Waals surface area contributed by atoms with Gasteiger partial charge in [-0.3, -0.25) is 9.89 Å². The Kier molecular flexibility index (Phi) is 6.06. The van der Waals surface area contributed by atoms with E-state index >= 15 is 0 Å². The second kappa shape index (κ2) is 9.63. The number of H-pyrrole nitrogens is 1. The summed E-state index contributed by atoms with van der Waals surface area (Å²) < 4.78 is 2.94. The molecule has 0 spiro atoms. The molecule has 3 aromatic carbocycles. The first-order valence-electron chi connectivity index (χ1n) is 11.2. The molecule has 0 bridgehead atoms. The van der Waals surface area contributed by atoms with Crippen molar-refractivity contribution in [3.63, 3.8) is 0 Å². The molecule has 0 amide bonds. The molecule has 10 nitrogen and oxygen atoms in total. The number of nitrogens with zero attached hydrogens (tertiary/aromatic N) is 7. The van der Waals surface area contributed by atoms with Crippen LogP contribution in [0.3, 0.4) is 0 Å². The Balaban J connectivity index is 1.61. The molecule has 0 atom stereocenters. The number of benzene rings is 3. The van der Waals surface area contributed by atoms with Gasteiger partial charge in [0.05, 0.1) is 22.8 Å². The van der Waals surface area contributed by atoms with E-state index in [4.69, 9.17) is 5.73 Å². The molecule has 0 saturated carbocycles. The minimum atomic E-state index is -0.423. The summed E-state index contributed by atoms with van der Waals surface area (Å²) >= 11 is 0. The molecule has 2 aromatic heterocycles. The van der Waals surface area contributed by atoms with Crippen molar-refractivity contribution in [1.29, 1.82) is 0 Å². The van der Waals surface area contributed by atoms with Crippen molar-refractivity contribution in [3.05, 3.63) is 107 Å². The number of anilines is 1. The highest BCUT2D eigenvalue weighted by atomic mass is 16.1. The number of rotatable bonds is 6. The fraction of sp³-hybridized carbons (Fsp3) is 0.0769. The summed E-state index contributed by atoms with van der Waals surface area (Å²) in [5.41, 5.74) is 9.88. The third-order valence-corrected chi connectivity index (χ3v) is 5.46. The molecule has 0 unspecified atom stereocenters. The van der Waals surface area contributed by atoms with Crippen molar-refractivity contribution in [2.75, 3.05) is 5.73 Å². The second-order valence-corrected chi connectivity index (χ2v) is 8.09. The molecule has 36 heavy (non-hydrogen) atoms. The van der Waals surface area contributed by atoms with Crippen molar-refractivity contribution < 1.29 is 0 Å². The summed E-state index contributed by atoms with van der Waals surface area (Å²) in [6, 6.07) is 26.2. The third kappa shape index (κ3) is 4.47. The smallest absolute Gasteiger partial charge is 0.301 e. The Morgan fingerprint density at radius 1 is 0.750 bits per heavy atom. The highest BCUT2D eigenvalue weighted by Gasteiger charge is 2.19. The van der Waals surface area contributed by atoms with Gasteiger partial charge in [-0.15, -0.1) is 15.3 Å². The van der Waals surface area contributed by atoms with Gasteiger partial charge in [0, 0.05) is 0 Å². The highest BCUT2D eigenvalue weighted by Crippen LogP contribution is 2.36. The molecule has 0 aliphatic carbocycles. The maximum absolute atomic E-state index is 13.0. The maximum atomic E-state index is 13.0. The van der Waals surface area contributed by atoms with Gasteiger partial charge in [0.2, 0.25) is 5.82 Å². The lowest BCUT2D eigenvalue weighted by Crippen LogP contribution is -2.13. The van der Waals surface area contributed by atoms with E-state index in [0.29, 0.717) is 28.6 Å². The van der Waals surface area contributed by atoms with Crippen LogP contribution in [0.25, 0.3) is 11.4 Å². The zero-order valence-corrected chi connectivity index (χ0v) is 19.7. The quantitative estimate of drug-likeness (QED) is 0.275. The van der Waals surface area contributed by atoms with Crippen molar-refractivity contribution in [3.8, 4) is 11.4 Å². The number of aryl methyl sites for hydroxylation is 2. The van der Waals surface area contributed by atoms with E-state index in [9.17, 15) is 4.79 Å². The number of aromatic nitrogens is 4. The zero-order valence-electron chi connectivity index (χ0n) is 19.7. The number of para-hydroxylation sites is 1. The maximum Gasteiger partial charge on any atom is 0.301 e. The van der Waals surface area contributed by atoms with Crippen LogP contribution in [-0.2, 0) is 0 Å². The van der Waals surface area contributed by atoms with Crippen molar-refractivity contribution in [1.82, 2.24) is 19.6 Å². The summed E-state index contributed by atoms with van der Waals surface area (Å²) in [4.78, 5) is 13.0. The standard InChI is InChI=1S/C26H23N9O/c1-17-13-15-21(16-14-17)34-25(22(18(2)32-34)29-28-19-9-5-3-6-10-19)31-30-23-24(27)33-35(26(23)36)20-11-7-4-8-12-20/h3-16,33H,27H2,1-2H3. The van der Waals surface area contributed by atoms with Crippen LogP contribution < -0.4 is 11.3 Å². The van der Waals surface area contributed by atoms with E-state index in [1.807, 2.05) is 86.6 Å². The molecule has 2 heterocycles. The lowest BCUT2D eigenvalue weighted by molar-refractivity contribution is 0.849. The summed E-state index contributed by atoms with van der Waals surface area (Å²) in [7, 11) is 0. The number of azo groups is 2. The second-order valence-electron chi connectivity index (χ2n) is 8.09. The molecule has 0 fully saturated rings. The van der Waals surface area contributed by atoms with E-state index in [-0.39, 0.29) is 11.5 Å². The number of aromatic amines is 1.